The fourth-order valence-electron chi connectivity index (χ4n) is 2.51. The van der Waals surface area contributed by atoms with Crippen LogP contribution in [0.3, 0.4) is 0 Å². The molecule has 108 valence electrons. The van der Waals surface area contributed by atoms with Gasteiger partial charge in [-0.3, -0.25) is 10.1 Å². The number of carboxylic acid groups (broad SMARTS) is 1. The molecule has 0 radical (unpaired) electrons. The summed E-state index contributed by atoms with van der Waals surface area (Å²) in [5.41, 5.74) is 0.0193. The van der Waals surface area contributed by atoms with Gasteiger partial charge in [-0.05, 0) is 32.1 Å². The molecular weight excluding hydrogens is 262 g/mol. The van der Waals surface area contributed by atoms with Crippen LogP contribution in [0.2, 0.25) is 0 Å². The van der Waals surface area contributed by atoms with Crippen molar-refractivity contribution < 1.29 is 14.8 Å². The number of anilines is 1. The van der Waals surface area contributed by atoms with Crippen LogP contribution >= 0.6 is 0 Å². The summed E-state index contributed by atoms with van der Waals surface area (Å²) in [6, 6.07) is 4.54. The highest BCUT2D eigenvalue weighted by Crippen LogP contribution is 2.28. The third kappa shape index (κ3) is 2.72. The van der Waals surface area contributed by atoms with Gasteiger partial charge in [0, 0.05) is 31.4 Å². The smallest absolute Gasteiger partial charge is 0.342 e. The molecule has 2 rings (SSSR count). The zero-order valence-electron chi connectivity index (χ0n) is 11.4. The van der Waals surface area contributed by atoms with E-state index in [0.717, 1.165) is 19.5 Å². The summed E-state index contributed by atoms with van der Waals surface area (Å²) < 4.78 is 0. The van der Waals surface area contributed by atoms with Crippen molar-refractivity contribution in [1.29, 1.82) is 0 Å². The number of nitro groups is 1. The van der Waals surface area contributed by atoms with E-state index in [0.29, 0.717) is 5.69 Å². The maximum Gasteiger partial charge on any atom is 0.342 e. The molecule has 1 N–H and O–H groups in total. The van der Waals surface area contributed by atoms with E-state index < -0.39 is 10.9 Å². The van der Waals surface area contributed by atoms with Crippen LogP contribution in [0.25, 0.3) is 0 Å². The quantitative estimate of drug-likeness (QED) is 0.662. The second-order valence-electron chi connectivity index (χ2n) is 5.08. The lowest BCUT2D eigenvalue weighted by Gasteiger charge is -2.26. The average Bonchev–Trinajstić information content (AvgIpc) is 2.83. The van der Waals surface area contributed by atoms with E-state index in [1.165, 1.54) is 12.1 Å². The van der Waals surface area contributed by atoms with E-state index in [2.05, 4.69) is 4.90 Å². The van der Waals surface area contributed by atoms with Gasteiger partial charge in [0.15, 0.2) is 0 Å². The Hall–Kier alpha value is -2.15. The Morgan fingerprint density at radius 3 is 2.75 bits per heavy atom. The fourth-order valence-corrected chi connectivity index (χ4v) is 2.51. The summed E-state index contributed by atoms with van der Waals surface area (Å²) in [6.45, 7) is 1.88. The van der Waals surface area contributed by atoms with Gasteiger partial charge in [-0.15, -0.1) is 0 Å². The van der Waals surface area contributed by atoms with Gasteiger partial charge in [0.2, 0.25) is 0 Å². The molecule has 1 unspecified atom stereocenters. The molecular formula is C13H17N3O4. The minimum absolute atomic E-state index is 0.282. The van der Waals surface area contributed by atoms with Crippen molar-refractivity contribution in [2.45, 2.75) is 12.5 Å². The highest BCUT2D eigenvalue weighted by atomic mass is 16.6. The van der Waals surface area contributed by atoms with Crippen LogP contribution in [-0.4, -0.2) is 54.1 Å². The van der Waals surface area contributed by atoms with Gasteiger partial charge < -0.3 is 14.9 Å². The van der Waals surface area contributed by atoms with Gasteiger partial charge in [0.1, 0.15) is 5.56 Å². The van der Waals surface area contributed by atoms with Crippen LogP contribution in [0, 0.1) is 10.1 Å². The largest absolute Gasteiger partial charge is 0.477 e. The SMILES string of the molecule is CN1CCC(N(C)c2ccc(C(=O)O)c([N+](=O)[O-])c2)C1. The first-order valence-electron chi connectivity index (χ1n) is 6.33. The number of likely N-dealkylation sites (tertiary alicyclic amines) is 1. The Morgan fingerprint density at radius 1 is 1.55 bits per heavy atom. The summed E-state index contributed by atoms with van der Waals surface area (Å²) in [5, 5.41) is 20.0. The number of hydrogen-bond donors (Lipinski definition) is 1. The summed E-state index contributed by atoms with van der Waals surface area (Å²) in [7, 11) is 3.91. The molecule has 20 heavy (non-hydrogen) atoms. The van der Waals surface area contributed by atoms with Crippen molar-refractivity contribution in [3.8, 4) is 0 Å². The predicted octanol–water partition coefficient (Wildman–Crippen LogP) is 1.43. The molecule has 1 heterocycles. The molecule has 7 heteroatoms. The van der Waals surface area contributed by atoms with Gasteiger partial charge in [0.05, 0.1) is 4.92 Å². The lowest BCUT2D eigenvalue weighted by molar-refractivity contribution is -0.385. The second-order valence-corrected chi connectivity index (χ2v) is 5.08. The monoisotopic (exact) mass is 279 g/mol. The van der Waals surface area contributed by atoms with Crippen molar-refractivity contribution in [3.63, 3.8) is 0 Å². The van der Waals surface area contributed by atoms with E-state index in [1.807, 2.05) is 19.0 Å². The topological polar surface area (TPSA) is 86.9 Å². The molecule has 0 amide bonds. The molecule has 1 aromatic carbocycles. The predicted molar refractivity (Wildman–Crippen MR) is 74.4 cm³/mol. The standard InChI is InChI=1S/C13H17N3O4/c1-14-6-5-10(8-14)15(2)9-3-4-11(13(17)18)12(7-9)16(19)20/h3-4,7,10H,5-6,8H2,1-2H3,(H,17,18). The highest BCUT2D eigenvalue weighted by Gasteiger charge is 2.26. The van der Waals surface area contributed by atoms with Gasteiger partial charge in [-0.25, -0.2) is 4.79 Å². The van der Waals surface area contributed by atoms with E-state index >= 15 is 0 Å². The molecule has 1 aliphatic rings. The number of benzene rings is 1. The molecule has 1 fully saturated rings. The molecule has 1 aromatic rings. The Bertz CT molecular complexity index is 546. The molecule has 1 atom stereocenters. The van der Waals surface area contributed by atoms with Crippen molar-refractivity contribution in [2.75, 3.05) is 32.1 Å². The third-order valence-electron chi connectivity index (χ3n) is 3.73. The van der Waals surface area contributed by atoms with Crippen LogP contribution in [0.15, 0.2) is 18.2 Å². The second kappa shape index (κ2) is 5.46. The minimum atomic E-state index is -1.29. The normalized spacial score (nSPS) is 19.0. The summed E-state index contributed by atoms with van der Waals surface area (Å²) >= 11 is 0. The number of aromatic carboxylic acids is 1. The third-order valence-corrected chi connectivity index (χ3v) is 3.73. The number of nitro benzene ring substituents is 1. The number of likely N-dealkylation sites (N-methyl/N-ethyl adjacent to an activating group) is 2. The van der Waals surface area contributed by atoms with Crippen molar-refractivity contribution in [2.24, 2.45) is 0 Å². The van der Waals surface area contributed by atoms with Crippen LogP contribution < -0.4 is 4.90 Å². The lowest BCUT2D eigenvalue weighted by atomic mass is 10.1. The number of nitrogens with zero attached hydrogens (tertiary/aromatic N) is 3. The molecule has 0 spiro atoms. The molecule has 0 aromatic heterocycles. The molecule has 0 aliphatic carbocycles. The Kier molecular flexibility index (Phi) is 3.89. The first-order chi connectivity index (χ1) is 9.40. The van der Waals surface area contributed by atoms with E-state index in [-0.39, 0.29) is 17.3 Å². The van der Waals surface area contributed by atoms with Crippen molar-refractivity contribution >= 4 is 17.3 Å². The maximum atomic E-state index is 11.0. The summed E-state index contributed by atoms with van der Waals surface area (Å²) in [4.78, 5) is 25.5. The zero-order chi connectivity index (χ0) is 14.9. The Morgan fingerprint density at radius 2 is 2.25 bits per heavy atom. The van der Waals surface area contributed by atoms with Crippen LogP contribution in [0.4, 0.5) is 11.4 Å². The first-order valence-corrected chi connectivity index (χ1v) is 6.33. The number of carboxylic acids is 1. The maximum absolute atomic E-state index is 11.0. The molecule has 1 aliphatic heterocycles. The Labute approximate surface area is 116 Å². The summed E-state index contributed by atoms with van der Waals surface area (Å²) in [6.07, 6.45) is 0.988. The van der Waals surface area contributed by atoms with E-state index in [1.54, 1.807) is 6.07 Å². The van der Waals surface area contributed by atoms with Gasteiger partial charge in [-0.2, -0.15) is 0 Å². The van der Waals surface area contributed by atoms with Crippen LogP contribution in [-0.2, 0) is 0 Å². The van der Waals surface area contributed by atoms with Gasteiger partial charge in [0.25, 0.3) is 5.69 Å². The molecule has 0 saturated carbocycles. The van der Waals surface area contributed by atoms with Gasteiger partial charge >= 0.3 is 5.97 Å². The van der Waals surface area contributed by atoms with Crippen LogP contribution in [0.5, 0.6) is 0 Å². The van der Waals surface area contributed by atoms with Crippen molar-refractivity contribution in [1.82, 2.24) is 4.90 Å². The Balaban J connectivity index is 2.31. The summed E-state index contributed by atoms with van der Waals surface area (Å²) in [5.74, 6) is -1.29. The van der Waals surface area contributed by atoms with Crippen LogP contribution in [0.1, 0.15) is 16.8 Å². The fraction of sp³-hybridized carbons (Fsp3) is 0.462. The van der Waals surface area contributed by atoms with E-state index in [9.17, 15) is 14.9 Å². The van der Waals surface area contributed by atoms with Gasteiger partial charge in [-0.1, -0.05) is 0 Å². The van der Waals surface area contributed by atoms with Crippen molar-refractivity contribution in [3.05, 3.63) is 33.9 Å². The minimum Gasteiger partial charge on any atom is -0.477 e. The zero-order valence-corrected chi connectivity index (χ0v) is 11.4. The average molecular weight is 279 g/mol. The van der Waals surface area contributed by atoms with E-state index in [4.69, 9.17) is 5.11 Å². The first kappa shape index (κ1) is 14.3. The number of carbonyl (C=O) groups is 1. The lowest BCUT2D eigenvalue weighted by Crippen LogP contribution is -2.33. The highest BCUT2D eigenvalue weighted by molar-refractivity contribution is 5.93. The molecule has 7 nitrogen and oxygen atoms in total. The molecule has 0 bridgehead atoms. The number of rotatable bonds is 4. The number of hydrogen-bond acceptors (Lipinski definition) is 5. The molecule has 1 saturated heterocycles.